The molecule has 5 nitrogen and oxygen atoms in total. The van der Waals surface area contributed by atoms with Gasteiger partial charge in [0.15, 0.2) is 11.5 Å². The van der Waals surface area contributed by atoms with Crippen LogP contribution in [0.2, 0.25) is 5.02 Å². The molecule has 2 rings (SSSR count). The molecule has 0 aliphatic carbocycles. The number of aliphatic carboxylic acids is 1. The maximum Gasteiger partial charge on any atom is 0.314 e. The second kappa shape index (κ2) is 4.33. The van der Waals surface area contributed by atoms with E-state index < -0.39 is 11.9 Å². The molecule has 0 aromatic carbocycles. The highest BCUT2D eigenvalue weighted by Gasteiger charge is 2.27. The van der Waals surface area contributed by atoms with E-state index in [9.17, 15) is 4.79 Å². The Hall–Kier alpha value is -1.62. The van der Waals surface area contributed by atoms with Gasteiger partial charge in [0.05, 0.1) is 5.02 Å². The Balaban J connectivity index is 2.51. The van der Waals surface area contributed by atoms with Crippen molar-refractivity contribution in [3.8, 4) is 0 Å². The average molecular weight is 254 g/mol. The van der Waals surface area contributed by atoms with Crippen molar-refractivity contribution in [3.05, 3.63) is 29.2 Å². The molecule has 0 spiro atoms. The van der Waals surface area contributed by atoms with Crippen molar-refractivity contribution in [3.63, 3.8) is 0 Å². The molecule has 0 amide bonds. The summed E-state index contributed by atoms with van der Waals surface area (Å²) in [6.45, 7) is 3.66. The number of rotatable bonds is 3. The number of nitrogens with zero attached hydrogens (tertiary/aromatic N) is 3. The van der Waals surface area contributed by atoms with Gasteiger partial charge in [-0.25, -0.2) is 9.50 Å². The van der Waals surface area contributed by atoms with Crippen LogP contribution in [0.4, 0.5) is 0 Å². The smallest absolute Gasteiger partial charge is 0.314 e. The van der Waals surface area contributed by atoms with Gasteiger partial charge in [0.25, 0.3) is 0 Å². The van der Waals surface area contributed by atoms with Gasteiger partial charge in [0.2, 0.25) is 0 Å². The molecular weight excluding hydrogens is 242 g/mol. The van der Waals surface area contributed by atoms with Gasteiger partial charge in [-0.3, -0.25) is 4.79 Å². The summed E-state index contributed by atoms with van der Waals surface area (Å²) in [5, 5.41) is 13.9. The molecule has 0 aliphatic rings. The summed E-state index contributed by atoms with van der Waals surface area (Å²) in [6.07, 6.45) is 1.60. The number of carboxylic acids is 1. The van der Waals surface area contributed by atoms with Crippen molar-refractivity contribution in [2.24, 2.45) is 5.92 Å². The topological polar surface area (TPSA) is 67.5 Å². The number of hydrogen-bond acceptors (Lipinski definition) is 3. The molecule has 17 heavy (non-hydrogen) atoms. The van der Waals surface area contributed by atoms with Crippen LogP contribution in [-0.4, -0.2) is 25.7 Å². The van der Waals surface area contributed by atoms with Gasteiger partial charge in [-0.1, -0.05) is 25.4 Å². The first-order valence-corrected chi connectivity index (χ1v) is 5.61. The van der Waals surface area contributed by atoms with Gasteiger partial charge in [-0.15, -0.1) is 0 Å². The van der Waals surface area contributed by atoms with Crippen molar-refractivity contribution in [1.82, 2.24) is 14.6 Å². The zero-order valence-corrected chi connectivity index (χ0v) is 10.2. The van der Waals surface area contributed by atoms with Crippen molar-refractivity contribution < 1.29 is 9.90 Å². The second-order valence-electron chi connectivity index (χ2n) is 4.18. The number of carbonyl (C=O) groups is 1. The maximum absolute atomic E-state index is 11.2. The lowest BCUT2D eigenvalue weighted by Crippen LogP contribution is -2.19. The molecule has 0 saturated carbocycles. The molecule has 1 unspecified atom stereocenters. The molecule has 0 aliphatic heterocycles. The Morgan fingerprint density at radius 2 is 2.18 bits per heavy atom. The standard InChI is InChI=1S/C11H12ClN3O2/c1-6(2)9(11(16)17)10-13-8-4-3-7(12)5-15(8)14-10/h3-6,9H,1-2H3,(H,16,17). The van der Waals surface area contributed by atoms with Crippen LogP contribution < -0.4 is 0 Å². The molecule has 1 atom stereocenters. The molecule has 6 heteroatoms. The molecular formula is C11H12ClN3O2. The number of fused-ring (bicyclic) bond motifs is 1. The van der Waals surface area contributed by atoms with Gasteiger partial charge in [0.1, 0.15) is 5.92 Å². The number of halogens is 1. The summed E-state index contributed by atoms with van der Waals surface area (Å²) in [7, 11) is 0. The van der Waals surface area contributed by atoms with Gasteiger partial charge < -0.3 is 5.11 Å². The fourth-order valence-electron chi connectivity index (χ4n) is 1.70. The van der Waals surface area contributed by atoms with Crippen LogP contribution in [0.3, 0.4) is 0 Å². The minimum Gasteiger partial charge on any atom is -0.481 e. The summed E-state index contributed by atoms with van der Waals surface area (Å²) in [5.74, 6) is -1.37. The van der Waals surface area contributed by atoms with E-state index in [1.807, 2.05) is 13.8 Å². The Morgan fingerprint density at radius 3 is 2.76 bits per heavy atom. The SMILES string of the molecule is CC(C)C(C(=O)O)c1nc2ccc(Cl)cn2n1. The first-order valence-electron chi connectivity index (χ1n) is 5.23. The minimum atomic E-state index is -0.915. The summed E-state index contributed by atoms with van der Waals surface area (Å²) in [4.78, 5) is 15.4. The van der Waals surface area contributed by atoms with E-state index in [0.29, 0.717) is 16.5 Å². The Bertz CT molecular complexity index is 565. The van der Waals surface area contributed by atoms with Crippen molar-refractivity contribution in [1.29, 1.82) is 0 Å². The highest BCUT2D eigenvalue weighted by molar-refractivity contribution is 6.30. The number of carboxylic acid groups (broad SMARTS) is 1. The van der Waals surface area contributed by atoms with E-state index in [4.69, 9.17) is 16.7 Å². The van der Waals surface area contributed by atoms with Gasteiger partial charge in [-0.2, -0.15) is 5.10 Å². The van der Waals surface area contributed by atoms with E-state index in [2.05, 4.69) is 10.1 Å². The molecule has 0 fully saturated rings. The lowest BCUT2D eigenvalue weighted by atomic mass is 9.95. The largest absolute Gasteiger partial charge is 0.481 e. The normalized spacial score (nSPS) is 13.2. The van der Waals surface area contributed by atoms with Crippen LogP contribution in [0.25, 0.3) is 5.65 Å². The Kier molecular flexibility index (Phi) is 3.02. The van der Waals surface area contributed by atoms with E-state index in [1.165, 1.54) is 4.52 Å². The van der Waals surface area contributed by atoms with Gasteiger partial charge >= 0.3 is 5.97 Å². The van der Waals surface area contributed by atoms with Crippen LogP contribution >= 0.6 is 11.6 Å². The summed E-state index contributed by atoms with van der Waals surface area (Å²) >= 11 is 5.83. The third kappa shape index (κ3) is 2.24. The summed E-state index contributed by atoms with van der Waals surface area (Å²) in [5.41, 5.74) is 0.594. The predicted molar refractivity (Wildman–Crippen MR) is 63.2 cm³/mol. The number of hydrogen-bond donors (Lipinski definition) is 1. The fraction of sp³-hybridized carbons (Fsp3) is 0.364. The summed E-state index contributed by atoms with van der Waals surface area (Å²) < 4.78 is 1.50. The van der Waals surface area contributed by atoms with E-state index >= 15 is 0 Å². The molecule has 0 bridgehead atoms. The average Bonchev–Trinajstić information content (AvgIpc) is 2.58. The van der Waals surface area contributed by atoms with Crippen LogP contribution in [-0.2, 0) is 4.79 Å². The third-order valence-corrected chi connectivity index (χ3v) is 2.75. The Morgan fingerprint density at radius 1 is 1.47 bits per heavy atom. The van der Waals surface area contributed by atoms with Crippen LogP contribution in [0, 0.1) is 5.92 Å². The first kappa shape index (κ1) is 11.9. The van der Waals surface area contributed by atoms with Crippen molar-refractivity contribution in [2.45, 2.75) is 19.8 Å². The molecule has 2 aromatic heterocycles. The minimum absolute atomic E-state index is 0.0691. The lowest BCUT2D eigenvalue weighted by molar-refractivity contribution is -0.140. The van der Waals surface area contributed by atoms with Crippen LogP contribution in [0.15, 0.2) is 18.3 Å². The second-order valence-corrected chi connectivity index (χ2v) is 4.62. The van der Waals surface area contributed by atoms with E-state index in [1.54, 1.807) is 18.3 Å². The van der Waals surface area contributed by atoms with Crippen LogP contribution in [0.5, 0.6) is 0 Å². The molecule has 0 saturated heterocycles. The fourth-order valence-corrected chi connectivity index (χ4v) is 1.86. The van der Waals surface area contributed by atoms with Crippen molar-refractivity contribution >= 4 is 23.2 Å². The van der Waals surface area contributed by atoms with Crippen molar-refractivity contribution in [2.75, 3.05) is 0 Å². The predicted octanol–water partition coefficient (Wildman–Crippen LogP) is 2.21. The highest BCUT2D eigenvalue weighted by atomic mass is 35.5. The lowest BCUT2D eigenvalue weighted by Gasteiger charge is -2.11. The van der Waals surface area contributed by atoms with E-state index in [-0.39, 0.29) is 5.92 Å². The molecule has 1 N–H and O–H groups in total. The maximum atomic E-state index is 11.2. The van der Waals surface area contributed by atoms with Crippen LogP contribution in [0.1, 0.15) is 25.6 Å². The monoisotopic (exact) mass is 253 g/mol. The van der Waals surface area contributed by atoms with Gasteiger partial charge in [0, 0.05) is 6.20 Å². The molecule has 90 valence electrons. The zero-order valence-electron chi connectivity index (χ0n) is 9.46. The Labute approximate surface area is 103 Å². The number of aromatic nitrogens is 3. The number of pyridine rings is 1. The first-order chi connectivity index (χ1) is 7.99. The third-order valence-electron chi connectivity index (χ3n) is 2.52. The summed E-state index contributed by atoms with van der Waals surface area (Å²) in [6, 6.07) is 3.40. The molecule has 2 aromatic rings. The highest BCUT2D eigenvalue weighted by Crippen LogP contribution is 2.22. The molecule has 2 heterocycles. The zero-order chi connectivity index (χ0) is 12.6. The quantitative estimate of drug-likeness (QED) is 0.911. The molecule has 0 radical (unpaired) electrons. The van der Waals surface area contributed by atoms with Gasteiger partial charge in [-0.05, 0) is 18.1 Å². The van der Waals surface area contributed by atoms with E-state index in [0.717, 1.165) is 0 Å².